The van der Waals surface area contributed by atoms with E-state index in [0.29, 0.717) is 5.92 Å². The fraction of sp³-hybridized carbons (Fsp3) is 0.231. The van der Waals surface area contributed by atoms with Gasteiger partial charge in [0.05, 0.1) is 0 Å². The summed E-state index contributed by atoms with van der Waals surface area (Å²) >= 11 is 0. The molecule has 72 valence electrons. The number of hydrogen-bond acceptors (Lipinski definition) is 1. The Balaban J connectivity index is 2.33. The van der Waals surface area contributed by atoms with Gasteiger partial charge in [0.2, 0.25) is 0 Å². The summed E-state index contributed by atoms with van der Waals surface area (Å²) in [7, 11) is 0. The summed E-state index contributed by atoms with van der Waals surface area (Å²) in [4.78, 5) is 0. The van der Waals surface area contributed by atoms with Crippen molar-refractivity contribution in [1.29, 1.82) is 0 Å². The summed E-state index contributed by atoms with van der Waals surface area (Å²) in [5, 5.41) is 0. The van der Waals surface area contributed by atoms with Crippen molar-refractivity contribution in [3.63, 3.8) is 0 Å². The van der Waals surface area contributed by atoms with Gasteiger partial charge in [0.25, 0.3) is 0 Å². The van der Waals surface area contributed by atoms with Crippen molar-refractivity contribution >= 4 is 11.3 Å². The van der Waals surface area contributed by atoms with E-state index in [2.05, 4.69) is 31.2 Å². The summed E-state index contributed by atoms with van der Waals surface area (Å²) < 4.78 is 0. The van der Waals surface area contributed by atoms with Crippen molar-refractivity contribution in [2.75, 3.05) is 5.73 Å². The zero-order chi connectivity index (χ0) is 9.97. The smallest absolute Gasteiger partial charge is 0.0393 e. The molecule has 2 N–H and O–H groups in total. The Labute approximate surface area is 84.9 Å². The normalized spacial score (nSPS) is 20.6. The molecule has 1 atom stereocenters. The van der Waals surface area contributed by atoms with Crippen LogP contribution in [0.3, 0.4) is 0 Å². The molecule has 2 rings (SSSR count). The van der Waals surface area contributed by atoms with E-state index < -0.39 is 0 Å². The van der Waals surface area contributed by atoms with Crippen molar-refractivity contribution in [1.82, 2.24) is 0 Å². The summed E-state index contributed by atoms with van der Waals surface area (Å²) in [6.45, 7) is 2.22. The highest BCUT2D eigenvalue weighted by molar-refractivity contribution is 5.81. The number of hydrogen-bond donors (Lipinski definition) is 1. The number of anilines is 1. The lowest BCUT2D eigenvalue weighted by Crippen LogP contribution is -1.97. The quantitative estimate of drug-likeness (QED) is 0.668. The van der Waals surface area contributed by atoms with Crippen molar-refractivity contribution in [2.24, 2.45) is 5.92 Å². The van der Waals surface area contributed by atoms with E-state index in [0.717, 1.165) is 17.7 Å². The van der Waals surface area contributed by atoms with E-state index in [-0.39, 0.29) is 0 Å². The molecule has 0 amide bonds. The third-order valence-electron chi connectivity index (χ3n) is 2.59. The molecule has 1 aromatic rings. The number of benzene rings is 1. The van der Waals surface area contributed by atoms with Gasteiger partial charge < -0.3 is 5.73 Å². The van der Waals surface area contributed by atoms with Crippen LogP contribution in [0.4, 0.5) is 5.69 Å². The van der Waals surface area contributed by atoms with Gasteiger partial charge in [0, 0.05) is 11.3 Å². The lowest BCUT2D eigenvalue weighted by atomic mass is 9.93. The Morgan fingerprint density at radius 1 is 1.29 bits per heavy atom. The first-order valence-corrected chi connectivity index (χ1v) is 5.00. The summed E-state index contributed by atoms with van der Waals surface area (Å²) in [6, 6.07) is 8.01. The van der Waals surface area contributed by atoms with Gasteiger partial charge in [-0.1, -0.05) is 43.4 Å². The minimum absolute atomic E-state index is 0.656. The Hall–Kier alpha value is -1.50. The van der Waals surface area contributed by atoms with Gasteiger partial charge in [-0.2, -0.15) is 0 Å². The van der Waals surface area contributed by atoms with E-state index >= 15 is 0 Å². The highest BCUT2D eigenvalue weighted by atomic mass is 14.6. The fourth-order valence-corrected chi connectivity index (χ4v) is 1.69. The van der Waals surface area contributed by atoms with Crippen molar-refractivity contribution < 1.29 is 0 Å². The van der Waals surface area contributed by atoms with Crippen LogP contribution >= 0.6 is 0 Å². The first-order valence-electron chi connectivity index (χ1n) is 5.00. The minimum Gasteiger partial charge on any atom is -0.398 e. The van der Waals surface area contributed by atoms with Crippen molar-refractivity contribution in [3.05, 3.63) is 48.1 Å². The van der Waals surface area contributed by atoms with E-state index in [9.17, 15) is 0 Å². The summed E-state index contributed by atoms with van der Waals surface area (Å²) in [6.07, 6.45) is 7.78. The van der Waals surface area contributed by atoms with Crippen LogP contribution in [0.25, 0.3) is 5.57 Å². The van der Waals surface area contributed by atoms with Crippen LogP contribution in [0.1, 0.15) is 18.9 Å². The maximum absolute atomic E-state index is 5.91. The second-order valence-electron chi connectivity index (χ2n) is 3.82. The van der Waals surface area contributed by atoms with E-state index in [4.69, 9.17) is 5.73 Å². The van der Waals surface area contributed by atoms with E-state index in [1.807, 2.05) is 18.2 Å². The van der Waals surface area contributed by atoms with Crippen LogP contribution in [0.2, 0.25) is 0 Å². The third-order valence-corrected chi connectivity index (χ3v) is 2.59. The standard InChI is InChI=1S/C13H15N/c1-10-6-8-11(9-7-10)12-4-2-3-5-13(12)14/h2-6,8-10H,7,14H2,1H3/t10-/m1/s1. The topological polar surface area (TPSA) is 26.0 Å². The minimum atomic E-state index is 0.656. The Kier molecular flexibility index (Phi) is 2.40. The number of allylic oxidation sites excluding steroid dienone is 4. The molecule has 1 aliphatic carbocycles. The summed E-state index contributed by atoms with van der Waals surface area (Å²) in [5.74, 6) is 0.656. The molecular formula is C13H15N. The van der Waals surface area contributed by atoms with Gasteiger partial charge >= 0.3 is 0 Å². The lowest BCUT2D eigenvalue weighted by Gasteiger charge is -2.13. The molecule has 1 aliphatic rings. The predicted octanol–water partition coefficient (Wildman–Crippen LogP) is 3.25. The van der Waals surface area contributed by atoms with Crippen LogP contribution < -0.4 is 5.73 Å². The molecule has 1 heteroatoms. The Morgan fingerprint density at radius 2 is 2.07 bits per heavy atom. The van der Waals surface area contributed by atoms with E-state index in [1.54, 1.807) is 0 Å². The molecule has 14 heavy (non-hydrogen) atoms. The number of nitrogen functional groups attached to an aromatic ring is 1. The van der Waals surface area contributed by atoms with Crippen LogP contribution in [-0.2, 0) is 0 Å². The first-order chi connectivity index (χ1) is 6.77. The molecule has 0 heterocycles. The Bertz CT molecular complexity index is 388. The molecule has 1 nitrogen and oxygen atoms in total. The Morgan fingerprint density at radius 3 is 2.71 bits per heavy atom. The van der Waals surface area contributed by atoms with Gasteiger partial charge in [-0.15, -0.1) is 0 Å². The third kappa shape index (κ3) is 1.72. The zero-order valence-electron chi connectivity index (χ0n) is 8.40. The molecule has 0 aromatic heterocycles. The SMILES string of the molecule is C[C@@H]1C=CC(c2ccccc2N)=CC1. The second-order valence-corrected chi connectivity index (χ2v) is 3.82. The van der Waals surface area contributed by atoms with Crippen molar-refractivity contribution in [2.45, 2.75) is 13.3 Å². The molecule has 0 saturated carbocycles. The average Bonchev–Trinajstić information content (AvgIpc) is 2.20. The summed E-state index contributed by atoms with van der Waals surface area (Å²) in [5.41, 5.74) is 9.17. The van der Waals surface area contributed by atoms with Crippen LogP contribution in [-0.4, -0.2) is 0 Å². The lowest BCUT2D eigenvalue weighted by molar-refractivity contribution is 0.739. The van der Waals surface area contributed by atoms with Crippen LogP contribution in [0.5, 0.6) is 0 Å². The number of nitrogens with two attached hydrogens (primary N) is 1. The zero-order valence-corrected chi connectivity index (χ0v) is 8.40. The largest absolute Gasteiger partial charge is 0.398 e. The van der Waals surface area contributed by atoms with Gasteiger partial charge in [-0.3, -0.25) is 0 Å². The second kappa shape index (κ2) is 3.70. The highest BCUT2D eigenvalue weighted by Gasteiger charge is 2.07. The number of rotatable bonds is 1. The van der Waals surface area contributed by atoms with Gasteiger partial charge in [0.15, 0.2) is 0 Å². The number of para-hydroxylation sites is 1. The van der Waals surface area contributed by atoms with E-state index in [1.165, 1.54) is 5.57 Å². The van der Waals surface area contributed by atoms with Crippen LogP contribution in [0, 0.1) is 5.92 Å². The highest BCUT2D eigenvalue weighted by Crippen LogP contribution is 2.27. The first kappa shape index (κ1) is 9.07. The van der Waals surface area contributed by atoms with Gasteiger partial charge in [-0.25, -0.2) is 0 Å². The van der Waals surface area contributed by atoms with Crippen LogP contribution in [0.15, 0.2) is 42.5 Å². The molecule has 0 spiro atoms. The predicted molar refractivity (Wildman–Crippen MR) is 61.8 cm³/mol. The fourth-order valence-electron chi connectivity index (χ4n) is 1.69. The molecule has 0 unspecified atom stereocenters. The monoisotopic (exact) mass is 185 g/mol. The maximum Gasteiger partial charge on any atom is 0.0393 e. The molecule has 0 fully saturated rings. The molecule has 0 bridgehead atoms. The molecular weight excluding hydrogens is 170 g/mol. The molecule has 0 radical (unpaired) electrons. The average molecular weight is 185 g/mol. The van der Waals surface area contributed by atoms with Gasteiger partial charge in [-0.05, 0) is 24.0 Å². The molecule has 0 saturated heterocycles. The molecule has 0 aliphatic heterocycles. The van der Waals surface area contributed by atoms with Gasteiger partial charge in [0.1, 0.15) is 0 Å². The van der Waals surface area contributed by atoms with Crippen molar-refractivity contribution in [3.8, 4) is 0 Å². The molecule has 1 aromatic carbocycles. The maximum atomic E-state index is 5.91.